The van der Waals surface area contributed by atoms with Crippen LogP contribution in [0.5, 0.6) is 11.5 Å². The molecule has 173 valence electrons. The lowest BCUT2D eigenvalue weighted by Crippen LogP contribution is -2.31. The molecule has 9 heteroatoms. The largest absolute Gasteiger partial charge is 0.451 e. The topological polar surface area (TPSA) is 90.1 Å². The fraction of sp³-hybridized carbons (Fsp3) is 0.320. The standard InChI is InChI=1S/C25H24FN6O2/c26-18-2-4-19(5-3-18)34-22-12-27-16-28-23(22)32-10-8-25(15-32)7-9-31(14-25)13-17-1-6-20-21(11-17)30-24(33)29-20/h1-4,6,11-12,16H,7-10,13-15H2,(H2,29,30,33). The van der Waals surface area contributed by atoms with Crippen LogP contribution < -0.4 is 15.3 Å². The number of nitrogens with one attached hydrogen (secondary N) is 2. The van der Waals surface area contributed by atoms with Crippen molar-refractivity contribution in [3.8, 4) is 11.5 Å². The van der Waals surface area contributed by atoms with E-state index in [0.717, 1.165) is 62.4 Å². The van der Waals surface area contributed by atoms with Gasteiger partial charge in [-0.2, -0.15) is 0 Å². The molecule has 4 aromatic rings. The fourth-order valence-corrected chi connectivity index (χ4v) is 5.24. The number of rotatable bonds is 5. The highest BCUT2D eigenvalue weighted by Crippen LogP contribution is 2.43. The van der Waals surface area contributed by atoms with Crippen molar-refractivity contribution >= 4 is 16.9 Å². The molecular formula is C25H24FN6O2. The maximum absolute atomic E-state index is 13.2. The zero-order chi connectivity index (χ0) is 23.1. The summed E-state index contributed by atoms with van der Waals surface area (Å²) in [5, 5.41) is 0. The van der Waals surface area contributed by atoms with Crippen LogP contribution in [0.1, 0.15) is 18.4 Å². The number of aromatic nitrogens is 4. The molecule has 2 aliphatic heterocycles. The van der Waals surface area contributed by atoms with Crippen LogP contribution in [-0.4, -0.2) is 51.0 Å². The van der Waals surface area contributed by atoms with Crippen molar-refractivity contribution in [3.05, 3.63) is 76.9 Å². The van der Waals surface area contributed by atoms with Crippen LogP contribution in [0.25, 0.3) is 11.0 Å². The first kappa shape index (κ1) is 20.9. The minimum atomic E-state index is -0.356. The highest BCUT2D eigenvalue weighted by molar-refractivity contribution is 5.75. The molecule has 2 aromatic heterocycles. The Hall–Kier alpha value is -3.72. The van der Waals surface area contributed by atoms with Crippen LogP contribution in [0.4, 0.5) is 10.2 Å². The molecule has 0 bridgehead atoms. The van der Waals surface area contributed by atoms with Crippen LogP contribution in [0, 0.1) is 17.3 Å². The second-order valence-corrected chi connectivity index (χ2v) is 9.28. The van der Waals surface area contributed by atoms with E-state index in [1.165, 1.54) is 24.0 Å². The Morgan fingerprint density at radius 1 is 1.12 bits per heavy atom. The summed E-state index contributed by atoms with van der Waals surface area (Å²) in [6, 6.07) is 13.0. The quantitative estimate of drug-likeness (QED) is 0.475. The van der Waals surface area contributed by atoms with Gasteiger partial charge in [-0.3, -0.25) is 4.90 Å². The summed E-state index contributed by atoms with van der Waals surface area (Å²) in [6.07, 6.45) is 5.39. The Bertz CT molecular complexity index is 1380. The van der Waals surface area contributed by atoms with E-state index in [-0.39, 0.29) is 16.9 Å². The predicted molar refractivity (Wildman–Crippen MR) is 125 cm³/mol. The van der Waals surface area contributed by atoms with Crippen molar-refractivity contribution in [1.29, 1.82) is 0 Å². The number of benzene rings is 2. The first-order valence-electron chi connectivity index (χ1n) is 11.4. The Morgan fingerprint density at radius 3 is 2.88 bits per heavy atom. The van der Waals surface area contributed by atoms with Crippen LogP contribution >= 0.6 is 0 Å². The number of H-pyrrole nitrogens is 2. The van der Waals surface area contributed by atoms with Gasteiger partial charge in [-0.1, -0.05) is 6.07 Å². The summed E-state index contributed by atoms with van der Waals surface area (Å²) in [7, 11) is 0. The fourth-order valence-electron chi connectivity index (χ4n) is 5.24. The van der Waals surface area contributed by atoms with E-state index in [0.29, 0.717) is 11.5 Å². The van der Waals surface area contributed by atoms with Gasteiger partial charge >= 0.3 is 5.69 Å². The van der Waals surface area contributed by atoms with Crippen molar-refractivity contribution < 1.29 is 9.13 Å². The molecule has 34 heavy (non-hydrogen) atoms. The molecule has 8 nitrogen and oxygen atoms in total. The number of aromatic amines is 2. The lowest BCUT2D eigenvalue weighted by atomic mass is 9.86. The average Bonchev–Trinajstić information content (AvgIpc) is 3.54. The molecular weight excluding hydrogens is 435 g/mol. The molecule has 1 unspecified atom stereocenters. The third-order valence-electron chi connectivity index (χ3n) is 6.87. The van der Waals surface area contributed by atoms with E-state index in [1.807, 2.05) is 6.07 Å². The van der Waals surface area contributed by atoms with Gasteiger partial charge in [0, 0.05) is 37.7 Å². The molecule has 1 atom stereocenters. The van der Waals surface area contributed by atoms with E-state index in [9.17, 15) is 9.18 Å². The molecule has 0 saturated carbocycles. The highest BCUT2D eigenvalue weighted by atomic mass is 19.1. The van der Waals surface area contributed by atoms with E-state index in [1.54, 1.807) is 12.3 Å². The van der Waals surface area contributed by atoms with Gasteiger partial charge in [-0.25, -0.2) is 19.2 Å². The molecule has 0 aliphatic carbocycles. The third-order valence-corrected chi connectivity index (χ3v) is 6.87. The van der Waals surface area contributed by atoms with E-state index in [4.69, 9.17) is 4.74 Å². The summed E-state index contributed by atoms with van der Waals surface area (Å²) >= 11 is 0. The Morgan fingerprint density at radius 2 is 2.00 bits per heavy atom. The predicted octanol–water partition coefficient (Wildman–Crippen LogP) is 3.48. The van der Waals surface area contributed by atoms with Gasteiger partial charge in [0.15, 0.2) is 11.6 Å². The Kier molecular flexibility index (Phi) is 5.06. The van der Waals surface area contributed by atoms with Crippen LogP contribution in [0.3, 0.4) is 0 Å². The van der Waals surface area contributed by atoms with Gasteiger partial charge in [0.2, 0.25) is 0 Å². The SMILES string of the molecule is O=c1[nH]c2ccc(CN3CCC4(CCN(c5ncncc5Oc5[c]cc(F)cc5)C4)C3)cc2[nH]1. The zero-order valence-corrected chi connectivity index (χ0v) is 18.6. The van der Waals surface area contributed by atoms with Crippen molar-refractivity contribution in [2.45, 2.75) is 19.4 Å². The lowest BCUT2D eigenvalue weighted by molar-refractivity contribution is 0.270. The zero-order valence-electron chi connectivity index (χ0n) is 18.6. The summed E-state index contributed by atoms with van der Waals surface area (Å²) in [4.78, 5) is 30.5. The molecule has 1 radical (unpaired) electrons. The number of anilines is 1. The monoisotopic (exact) mass is 459 g/mol. The molecule has 2 aromatic carbocycles. The number of hydrogen-bond donors (Lipinski definition) is 2. The second-order valence-electron chi connectivity index (χ2n) is 9.28. The molecule has 2 aliphatic rings. The molecule has 0 amide bonds. The van der Waals surface area contributed by atoms with Crippen LogP contribution in [0.15, 0.2) is 53.7 Å². The minimum absolute atomic E-state index is 0.177. The van der Waals surface area contributed by atoms with Crippen molar-refractivity contribution in [2.24, 2.45) is 5.41 Å². The number of ether oxygens (including phenoxy) is 1. The smallest absolute Gasteiger partial charge is 0.323 e. The van der Waals surface area contributed by atoms with E-state index < -0.39 is 0 Å². The molecule has 2 N–H and O–H groups in total. The summed E-state index contributed by atoms with van der Waals surface area (Å²) in [6.45, 7) is 4.69. The second kappa shape index (κ2) is 8.25. The molecule has 6 rings (SSSR count). The van der Waals surface area contributed by atoms with Gasteiger partial charge in [-0.05, 0) is 55.3 Å². The molecule has 2 fully saturated rings. The first-order chi connectivity index (χ1) is 16.6. The number of halogens is 1. The highest BCUT2D eigenvalue weighted by Gasteiger charge is 2.44. The maximum atomic E-state index is 13.2. The van der Waals surface area contributed by atoms with Crippen molar-refractivity contribution in [2.75, 3.05) is 31.1 Å². The number of nitrogens with zero attached hydrogens (tertiary/aromatic N) is 4. The molecule has 2 saturated heterocycles. The van der Waals surface area contributed by atoms with Gasteiger partial charge in [-0.15, -0.1) is 0 Å². The minimum Gasteiger partial charge on any atom is -0.451 e. The van der Waals surface area contributed by atoms with Gasteiger partial charge in [0.1, 0.15) is 17.9 Å². The van der Waals surface area contributed by atoms with Gasteiger partial charge in [0.25, 0.3) is 0 Å². The summed E-state index contributed by atoms with van der Waals surface area (Å²) in [5.74, 6) is 1.38. The first-order valence-corrected chi connectivity index (χ1v) is 11.4. The summed E-state index contributed by atoms with van der Waals surface area (Å²) < 4.78 is 19.2. The lowest BCUT2D eigenvalue weighted by Gasteiger charge is -2.26. The van der Waals surface area contributed by atoms with Gasteiger partial charge < -0.3 is 19.6 Å². The Labute approximate surface area is 195 Å². The number of likely N-dealkylation sites (tertiary alicyclic amines) is 1. The molecule has 1 spiro atoms. The van der Waals surface area contributed by atoms with Crippen LogP contribution in [-0.2, 0) is 6.54 Å². The Balaban J connectivity index is 1.14. The molecule has 4 heterocycles. The van der Waals surface area contributed by atoms with Crippen molar-refractivity contribution in [1.82, 2.24) is 24.8 Å². The number of hydrogen-bond acceptors (Lipinski definition) is 6. The normalized spacial score (nSPS) is 20.6. The average molecular weight is 460 g/mol. The van der Waals surface area contributed by atoms with Crippen LogP contribution in [0.2, 0.25) is 0 Å². The number of fused-ring (bicyclic) bond motifs is 1. The van der Waals surface area contributed by atoms with E-state index in [2.05, 4.69) is 47.9 Å². The summed E-state index contributed by atoms with van der Waals surface area (Å²) in [5.41, 5.74) is 2.90. The van der Waals surface area contributed by atoms with Gasteiger partial charge in [0.05, 0.1) is 17.2 Å². The third kappa shape index (κ3) is 4.03. The van der Waals surface area contributed by atoms with Crippen molar-refractivity contribution in [3.63, 3.8) is 0 Å². The maximum Gasteiger partial charge on any atom is 0.323 e. The van der Waals surface area contributed by atoms with E-state index >= 15 is 0 Å². The number of imidazole rings is 1.